The highest BCUT2D eigenvalue weighted by Gasteiger charge is 2.30. The largest absolute Gasteiger partial charge is 0.481 e. The summed E-state index contributed by atoms with van der Waals surface area (Å²) in [4.78, 5) is 26.9. The highest BCUT2D eigenvalue weighted by Crippen LogP contribution is 2.28. The quantitative estimate of drug-likeness (QED) is 0.800. The number of carboxylic acid groups (broad SMARTS) is 1. The Morgan fingerprint density at radius 2 is 2.30 bits per heavy atom. The topological polar surface area (TPSA) is 88.5 Å². The fourth-order valence-electron chi connectivity index (χ4n) is 2.42. The summed E-state index contributed by atoms with van der Waals surface area (Å²) in [6, 6.07) is 3.35. The molecule has 0 saturated heterocycles. The van der Waals surface area contributed by atoms with Crippen molar-refractivity contribution >= 4 is 17.8 Å². The summed E-state index contributed by atoms with van der Waals surface area (Å²) in [7, 11) is 0. The molecule has 1 saturated carbocycles. The second-order valence-electron chi connectivity index (χ2n) is 4.81. The zero-order chi connectivity index (χ0) is 14.5. The number of pyridine rings is 1. The Morgan fingerprint density at radius 1 is 1.50 bits per heavy atom. The number of nitrogens with zero attached hydrogens (tertiary/aromatic N) is 1. The lowest BCUT2D eigenvalue weighted by Crippen LogP contribution is -2.20. The summed E-state index contributed by atoms with van der Waals surface area (Å²) in [6.07, 6.45) is 3.55. The number of hydrogen-bond donors (Lipinski definition) is 2. The van der Waals surface area contributed by atoms with Gasteiger partial charge in [-0.3, -0.25) is 4.79 Å². The predicted molar refractivity (Wildman–Crippen MR) is 72.6 cm³/mol. The highest BCUT2D eigenvalue weighted by atomic mass is 16.5. The van der Waals surface area contributed by atoms with Crippen LogP contribution in [-0.2, 0) is 9.53 Å². The summed E-state index contributed by atoms with van der Waals surface area (Å²) in [5.41, 5.74) is 0.383. The van der Waals surface area contributed by atoms with E-state index in [1.54, 1.807) is 25.3 Å². The Balaban J connectivity index is 2.06. The van der Waals surface area contributed by atoms with Crippen LogP contribution >= 0.6 is 0 Å². The lowest BCUT2D eigenvalue weighted by atomic mass is 10.1. The Bertz CT molecular complexity index is 504. The molecule has 6 nitrogen and oxygen atoms in total. The summed E-state index contributed by atoms with van der Waals surface area (Å²) in [6.45, 7) is 2.05. The van der Waals surface area contributed by atoms with Gasteiger partial charge in [-0.15, -0.1) is 0 Å². The van der Waals surface area contributed by atoms with E-state index in [1.807, 2.05) is 0 Å². The third-order valence-electron chi connectivity index (χ3n) is 3.43. The number of aromatic nitrogens is 1. The molecule has 2 unspecified atom stereocenters. The average Bonchev–Trinajstić information content (AvgIpc) is 2.88. The van der Waals surface area contributed by atoms with Gasteiger partial charge in [0.15, 0.2) is 0 Å². The molecule has 1 aliphatic carbocycles. The minimum absolute atomic E-state index is 0.0270. The first-order valence-electron chi connectivity index (χ1n) is 6.73. The molecule has 1 aliphatic rings. The Kier molecular flexibility index (Phi) is 4.55. The monoisotopic (exact) mass is 278 g/mol. The summed E-state index contributed by atoms with van der Waals surface area (Å²) >= 11 is 0. The molecule has 20 heavy (non-hydrogen) atoms. The van der Waals surface area contributed by atoms with Gasteiger partial charge in [0.2, 0.25) is 0 Å². The van der Waals surface area contributed by atoms with Gasteiger partial charge in [0.25, 0.3) is 0 Å². The first-order chi connectivity index (χ1) is 9.61. The molecule has 108 valence electrons. The van der Waals surface area contributed by atoms with Gasteiger partial charge in [-0.2, -0.15) is 0 Å². The van der Waals surface area contributed by atoms with Crippen molar-refractivity contribution in [3.63, 3.8) is 0 Å². The number of carboxylic acids is 1. The van der Waals surface area contributed by atoms with Crippen LogP contribution in [0.4, 0.5) is 5.82 Å². The molecule has 0 spiro atoms. The van der Waals surface area contributed by atoms with E-state index in [-0.39, 0.29) is 12.0 Å². The Morgan fingerprint density at radius 3 is 2.95 bits per heavy atom. The molecule has 2 N–H and O–H groups in total. The second kappa shape index (κ2) is 6.36. The minimum Gasteiger partial charge on any atom is -0.481 e. The molecule has 0 amide bonds. The highest BCUT2D eigenvalue weighted by molar-refractivity contribution is 5.94. The van der Waals surface area contributed by atoms with Crippen LogP contribution in [0.1, 0.15) is 36.5 Å². The van der Waals surface area contributed by atoms with E-state index in [1.165, 1.54) is 0 Å². The van der Waals surface area contributed by atoms with Gasteiger partial charge in [0.1, 0.15) is 11.4 Å². The molecule has 1 fully saturated rings. The zero-order valence-electron chi connectivity index (χ0n) is 11.3. The standard InChI is InChI=1S/C14H18N2O4/c1-2-20-14(19)11-4-3-7-15-12(11)16-10-6-5-9(8-10)13(17)18/h3-4,7,9-10H,2,5-6,8H2,1H3,(H,15,16)(H,17,18). The van der Waals surface area contributed by atoms with Crippen LogP contribution in [-0.4, -0.2) is 34.7 Å². The molecule has 0 radical (unpaired) electrons. The van der Waals surface area contributed by atoms with E-state index in [0.717, 1.165) is 6.42 Å². The molecule has 1 heterocycles. The van der Waals surface area contributed by atoms with Gasteiger partial charge < -0.3 is 15.2 Å². The number of anilines is 1. The number of carbonyl (C=O) groups is 2. The molecule has 0 bridgehead atoms. The molecule has 6 heteroatoms. The molecule has 1 aromatic heterocycles. The number of ether oxygens (including phenoxy) is 1. The van der Waals surface area contributed by atoms with Crippen LogP contribution in [0, 0.1) is 5.92 Å². The average molecular weight is 278 g/mol. The van der Waals surface area contributed by atoms with E-state index >= 15 is 0 Å². The molecule has 0 aromatic carbocycles. The maximum Gasteiger partial charge on any atom is 0.341 e. The van der Waals surface area contributed by atoms with Crippen LogP contribution in [0.25, 0.3) is 0 Å². The third kappa shape index (κ3) is 3.26. The Labute approximate surface area is 117 Å². The van der Waals surface area contributed by atoms with E-state index in [0.29, 0.717) is 30.8 Å². The number of esters is 1. The van der Waals surface area contributed by atoms with Crippen molar-refractivity contribution in [2.75, 3.05) is 11.9 Å². The predicted octanol–water partition coefficient (Wildman–Crippen LogP) is 1.92. The molecule has 2 atom stereocenters. The van der Waals surface area contributed by atoms with Crippen LogP contribution in [0.3, 0.4) is 0 Å². The van der Waals surface area contributed by atoms with Gasteiger partial charge in [-0.25, -0.2) is 9.78 Å². The van der Waals surface area contributed by atoms with E-state index in [9.17, 15) is 9.59 Å². The normalized spacial score (nSPS) is 21.4. The molecule has 1 aromatic rings. The SMILES string of the molecule is CCOC(=O)c1cccnc1NC1CCC(C(=O)O)C1. The maximum absolute atomic E-state index is 11.8. The first-order valence-corrected chi connectivity index (χ1v) is 6.73. The zero-order valence-corrected chi connectivity index (χ0v) is 11.3. The van der Waals surface area contributed by atoms with Crippen molar-refractivity contribution in [3.8, 4) is 0 Å². The lowest BCUT2D eigenvalue weighted by Gasteiger charge is -2.15. The molecular formula is C14H18N2O4. The van der Waals surface area contributed by atoms with Crippen LogP contribution < -0.4 is 5.32 Å². The van der Waals surface area contributed by atoms with Gasteiger partial charge >= 0.3 is 11.9 Å². The number of hydrogen-bond acceptors (Lipinski definition) is 5. The van der Waals surface area contributed by atoms with Crippen molar-refractivity contribution in [1.82, 2.24) is 4.98 Å². The van der Waals surface area contributed by atoms with Crippen LogP contribution in [0.2, 0.25) is 0 Å². The van der Waals surface area contributed by atoms with Crippen molar-refractivity contribution in [2.24, 2.45) is 5.92 Å². The smallest absolute Gasteiger partial charge is 0.341 e. The number of rotatable bonds is 5. The first kappa shape index (κ1) is 14.3. The molecule has 2 rings (SSSR count). The van der Waals surface area contributed by atoms with E-state index < -0.39 is 11.9 Å². The Hall–Kier alpha value is -2.11. The van der Waals surface area contributed by atoms with Crippen molar-refractivity contribution in [1.29, 1.82) is 0 Å². The fourth-order valence-corrected chi connectivity index (χ4v) is 2.42. The number of aliphatic carboxylic acids is 1. The van der Waals surface area contributed by atoms with Gasteiger partial charge in [-0.05, 0) is 38.3 Å². The van der Waals surface area contributed by atoms with E-state index in [2.05, 4.69) is 10.3 Å². The maximum atomic E-state index is 11.8. The minimum atomic E-state index is -0.763. The van der Waals surface area contributed by atoms with Gasteiger partial charge in [0, 0.05) is 12.2 Å². The fraction of sp³-hybridized carbons (Fsp3) is 0.500. The van der Waals surface area contributed by atoms with Crippen molar-refractivity contribution in [2.45, 2.75) is 32.2 Å². The van der Waals surface area contributed by atoms with E-state index in [4.69, 9.17) is 9.84 Å². The molecule has 0 aliphatic heterocycles. The lowest BCUT2D eigenvalue weighted by molar-refractivity contribution is -0.141. The molecular weight excluding hydrogens is 260 g/mol. The number of nitrogens with one attached hydrogen (secondary N) is 1. The van der Waals surface area contributed by atoms with Crippen LogP contribution in [0.15, 0.2) is 18.3 Å². The van der Waals surface area contributed by atoms with Crippen molar-refractivity contribution < 1.29 is 19.4 Å². The summed E-state index contributed by atoms with van der Waals surface area (Å²) in [5, 5.41) is 12.2. The third-order valence-corrected chi connectivity index (χ3v) is 3.43. The van der Waals surface area contributed by atoms with Crippen molar-refractivity contribution in [3.05, 3.63) is 23.9 Å². The second-order valence-corrected chi connectivity index (χ2v) is 4.81. The summed E-state index contributed by atoms with van der Waals surface area (Å²) < 4.78 is 4.98. The summed E-state index contributed by atoms with van der Waals surface area (Å²) in [5.74, 6) is -1.04. The van der Waals surface area contributed by atoms with Gasteiger partial charge in [0.05, 0.1) is 12.5 Å². The number of carbonyl (C=O) groups excluding carboxylic acids is 1. The van der Waals surface area contributed by atoms with Crippen LogP contribution in [0.5, 0.6) is 0 Å². The van der Waals surface area contributed by atoms with Gasteiger partial charge in [-0.1, -0.05) is 0 Å².